The van der Waals surface area contributed by atoms with E-state index in [1.807, 2.05) is 13.8 Å². The molecule has 2 N–H and O–H groups in total. The number of nitrogens with zero attached hydrogens (tertiary/aromatic N) is 1. The first-order chi connectivity index (χ1) is 9.01. The summed E-state index contributed by atoms with van der Waals surface area (Å²) in [6.07, 6.45) is 0. The molecule has 0 atom stereocenters. The molecule has 5 heteroatoms. The van der Waals surface area contributed by atoms with Gasteiger partial charge in [-0.05, 0) is 32.9 Å². The number of aromatic hydroxyl groups is 1. The van der Waals surface area contributed by atoms with E-state index in [1.54, 1.807) is 19.1 Å². The number of hydrogen-bond acceptors (Lipinski definition) is 3. The molecule has 0 saturated heterocycles. The van der Waals surface area contributed by atoms with E-state index < -0.39 is 0 Å². The lowest BCUT2D eigenvalue weighted by Crippen LogP contribution is -2.40. The van der Waals surface area contributed by atoms with E-state index in [-0.39, 0.29) is 24.1 Å². The van der Waals surface area contributed by atoms with E-state index in [4.69, 9.17) is 0 Å². The third-order valence-electron chi connectivity index (χ3n) is 2.91. The molecule has 0 bridgehead atoms. The standard InChI is InChI=1S/C14H20N2O3/c1-4-15-13(18)9-16(5-2)14(19)11-7-6-8-12(17)10(11)3/h6-8,17H,4-5,9H2,1-3H3,(H,15,18). The van der Waals surface area contributed by atoms with Gasteiger partial charge < -0.3 is 15.3 Å². The molecule has 19 heavy (non-hydrogen) atoms. The van der Waals surface area contributed by atoms with E-state index in [0.717, 1.165) is 0 Å². The van der Waals surface area contributed by atoms with Crippen molar-refractivity contribution in [3.63, 3.8) is 0 Å². The Balaban J connectivity index is 2.89. The molecule has 0 aliphatic heterocycles. The average molecular weight is 264 g/mol. The van der Waals surface area contributed by atoms with Crippen LogP contribution in [-0.2, 0) is 4.79 Å². The summed E-state index contributed by atoms with van der Waals surface area (Å²) in [5, 5.41) is 12.3. The second-order valence-electron chi connectivity index (χ2n) is 4.22. The van der Waals surface area contributed by atoms with Crippen LogP contribution in [0.5, 0.6) is 5.75 Å². The van der Waals surface area contributed by atoms with E-state index >= 15 is 0 Å². The molecule has 5 nitrogen and oxygen atoms in total. The largest absolute Gasteiger partial charge is 0.508 e. The molecule has 0 aromatic heterocycles. The lowest BCUT2D eigenvalue weighted by atomic mass is 10.1. The predicted molar refractivity (Wildman–Crippen MR) is 73.1 cm³/mol. The normalized spacial score (nSPS) is 10.1. The molecule has 104 valence electrons. The zero-order valence-corrected chi connectivity index (χ0v) is 11.6. The number of amides is 2. The van der Waals surface area contributed by atoms with Crippen LogP contribution in [0.25, 0.3) is 0 Å². The molecule has 0 aliphatic rings. The number of phenols is 1. The Morgan fingerprint density at radius 3 is 2.58 bits per heavy atom. The lowest BCUT2D eigenvalue weighted by molar-refractivity contribution is -0.121. The minimum atomic E-state index is -0.248. The molecular weight excluding hydrogens is 244 g/mol. The second-order valence-corrected chi connectivity index (χ2v) is 4.22. The van der Waals surface area contributed by atoms with Crippen LogP contribution in [0.4, 0.5) is 0 Å². The van der Waals surface area contributed by atoms with Crippen LogP contribution >= 0.6 is 0 Å². The third kappa shape index (κ3) is 3.71. The van der Waals surface area contributed by atoms with Crippen molar-refractivity contribution >= 4 is 11.8 Å². The van der Waals surface area contributed by atoms with Gasteiger partial charge in [0.25, 0.3) is 5.91 Å². The summed E-state index contributed by atoms with van der Waals surface area (Å²) in [5.41, 5.74) is 0.952. The van der Waals surface area contributed by atoms with Crippen molar-refractivity contribution in [3.8, 4) is 5.75 Å². The van der Waals surface area contributed by atoms with Crippen LogP contribution in [-0.4, -0.2) is 41.5 Å². The van der Waals surface area contributed by atoms with Gasteiger partial charge in [-0.2, -0.15) is 0 Å². The van der Waals surface area contributed by atoms with Gasteiger partial charge in [-0.1, -0.05) is 6.07 Å². The molecule has 1 rings (SSSR count). The maximum absolute atomic E-state index is 12.3. The molecule has 1 aromatic carbocycles. The molecule has 0 fully saturated rings. The molecular formula is C14H20N2O3. The average Bonchev–Trinajstić information content (AvgIpc) is 2.39. The van der Waals surface area contributed by atoms with Crippen LogP contribution in [0.3, 0.4) is 0 Å². The lowest BCUT2D eigenvalue weighted by Gasteiger charge is -2.21. The smallest absolute Gasteiger partial charge is 0.254 e. The Kier molecular flexibility index (Phi) is 5.36. The first-order valence-electron chi connectivity index (χ1n) is 6.35. The number of hydrogen-bond donors (Lipinski definition) is 2. The number of rotatable bonds is 5. The first kappa shape index (κ1) is 15.0. The molecule has 1 aromatic rings. The topological polar surface area (TPSA) is 69.6 Å². The predicted octanol–water partition coefficient (Wildman–Crippen LogP) is 1.30. The number of phenolic OH excluding ortho intramolecular Hbond substituents is 1. The van der Waals surface area contributed by atoms with Gasteiger partial charge in [0.1, 0.15) is 5.75 Å². The van der Waals surface area contributed by atoms with Crippen LogP contribution in [0.2, 0.25) is 0 Å². The highest BCUT2D eigenvalue weighted by atomic mass is 16.3. The zero-order chi connectivity index (χ0) is 14.4. The van der Waals surface area contributed by atoms with E-state index in [0.29, 0.717) is 24.2 Å². The Morgan fingerprint density at radius 2 is 2.00 bits per heavy atom. The van der Waals surface area contributed by atoms with Crippen molar-refractivity contribution in [2.24, 2.45) is 0 Å². The maximum Gasteiger partial charge on any atom is 0.254 e. The van der Waals surface area contributed by atoms with Gasteiger partial charge in [0.15, 0.2) is 0 Å². The monoisotopic (exact) mass is 264 g/mol. The minimum Gasteiger partial charge on any atom is -0.508 e. The summed E-state index contributed by atoms with van der Waals surface area (Å²) in [4.78, 5) is 25.3. The van der Waals surface area contributed by atoms with Gasteiger partial charge in [-0.25, -0.2) is 0 Å². The number of nitrogens with one attached hydrogen (secondary N) is 1. The fourth-order valence-corrected chi connectivity index (χ4v) is 1.78. The zero-order valence-electron chi connectivity index (χ0n) is 11.6. The third-order valence-corrected chi connectivity index (χ3v) is 2.91. The Hall–Kier alpha value is -2.04. The SMILES string of the molecule is CCNC(=O)CN(CC)C(=O)c1cccc(O)c1C. The molecule has 0 spiro atoms. The fourth-order valence-electron chi connectivity index (χ4n) is 1.78. The highest BCUT2D eigenvalue weighted by Gasteiger charge is 2.19. The summed E-state index contributed by atoms with van der Waals surface area (Å²) in [7, 11) is 0. The van der Waals surface area contributed by atoms with E-state index in [2.05, 4.69) is 5.32 Å². The number of carbonyl (C=O) groups excluding carboxylic acids is 2. The van der Waals surface area contributed by atoms with Gasteiger partial charge in [0.05, 0.1) is 6.54 Å². The fraction of sp³-hybridized carbons (Fsp3) is 0.429. The van der Waals surface area contributed by atoms with Gasteiger partial charge in [-0.3, -0.25) is 9.59 Å². The number of likely N-dealkylation sites (N-methyl/N-ethyl adjacent to an activating group) is 2. The van der Waals surface area contributed by atoms with Gasteiger partial charge in [-0.15, -0.1) is 0 Å². The summed E-state index contributed by atoms with van der Waals surface area (Å²) in [6, 6.07) is 4.81. The minimum absolute atomic E-state index is 0.0261. The molecule has 0 saturated carbocycles. The highest BCUT2D eigenvalue weighted by molar-refractivity contribution is 5.98. The molecule has 0 radical (unpaired) electrons. The van der Waals surface area contributed by atoms with Gasteiger partial charge in [0.2, 0.25) is 5.91 Å². The van der Waals surface area contributed by atoms with Crippen molar-refractivity contribution in [2.75, 3.05) is 19.6 Å². The van der Waals surface area contributed by atoms with Crippen molar-refractivity contribution < 1.29 is 14.7 Å². The molecule has 0 heterocycles. The maximum atomic E-state index is 12.3. The van der Waals surface area contributed by atoms with Gasteiger partial charge in [0, 0.05) is 24.2 Å². The second kappa shape index (κ2) is 6.78. The quantitative estimate of drug-likeness (QED) is 0.842. The highest BCUT2D eigenvalue weighted by Crippen LogP contribution is 2.20. The summed E-state index contributed by atoms with van der Waals surface area (Å²) >= 11 is 0. The number of benzene rings is 1. The Labute approximate surface area is 113 Å². The van der Waals surface area contributed by atoms with E-state index in [1.165, 1.54) is 11.0 Å². The van der Waals surface area contributed by atoms with Crippen molar-refractivity contribution in [3.05, 3.63) is 29.3 Å². The van der Waals surface area contributed by atoms with Gasteiger partial charge >= 0.3 is 0 Å². The molecule has 0 unspecified atom stereocenters. The molecule has 2 amide bonds. The van der Waals surface area contributed by atoms with Crippen LogP contribution < -0.4 is 5.32 Å². The van der Waals surface area contributed by atoms with Crippen LogP contribution in [0, 0.1) is 6.92 Å². The number of carbonyl (C=O) groups is 2. The first-order valence-corrected chi connectivity index (χ1v) is 6.35. The summed E-state index contributed by atoms with van der Waals surface area (Å²) in [6.45, 7) is 6.33. The summed E-state index contributed by atoms with van der Waals surface area (Å²) in [5.74, 6) is -0.349. The molecule has 0 aliphatic carbocycles. The Morgan fingerprint density at radius 1 is 1.32 bits per heavy atom. The summed E-state index contributed by atoms with van der Waals surface area (Å²) < 4.78 is 0. The van der Waals surface area contributed by atoms with Crippen LogP contribution in [0.15, 0.2) is 18.2 Å². The van der Waals surface area contributed by atoms with Crippen molar-refractivity contribution in [1.82, 2.24) is 10.2 Å². The van der Waals surface area contributed by atoms with Crippen LogP contribution in [0.1, 0.15) is 29.8 Å². The van der Waals surface area contributed by atoms with Crippen molar-refractivity contribution in [1.29, 1.82) is 0 Å². The van der Waals surface area contributed by atoms with Crippen molar-refractivity contribution in [2.45, 2.75) is 20.8 Å². The Bertz CT molecular complexity index is 472. The van der Waals surface area contributed by atoms with E-state index in [9.17, 15) is 14.7 Å².